The van der Waals surface area contributed by atoms with Gasteiger partial charge in [0.05, 0.1) is 5.69 Å². The molecule has 0 aromatic heterocycles. The van der Waals surface area contributed by atoms with E-state index in [1.54, 1.807) is 4.90 Å². The summed E-state index contributed by atoms with van der Waals surface area (Å²) in [6.07, 6.45) is 3.84. The Balaban J connectivity index is 0.988. The molecule has 0 unspecified atom stereocenters. The summed E-state index contributed by atoms with van der Waals surface area (Å²) in [4.78, 5) is 46.4. The van der Waals surface area contributed by atoms with E-state index in [-0.39, 0.29) is 24.4 Å². The molecule has 4 N–H and O–H groups in total. The molecule has 0 bridgehead atoms. The quantitative estimate of drug-likeness (QED) is 0.388. The molecule has 7 rings (SSSR count). The van der Waals surface area contributed by atoms with Crippen LogP contribution in [0, 0.1) is 18.8 Å². The SMILES string of the molecule is Cc1cc(C[C@@H](OC(=O)N2CCC(N3CCc4ccccc4NC3=O)CC2)C(=O)N2CCC(C3CCN(S(N)(=O)=O)CC3)CC2)cc2c1NCCO2. The fourth-order valence-electron chi connectivity index (χ4n) is 8.71. The van der Waals surface area contributed by atoms with Crippen LogP contribution in [0.5, 0.6) is 5.75 Å². The predicted octanol–water partition coefficient (Wildman–Crippen LogP) is 3.56. The molecule has 15 heteroatoms. The number of para-hydroxylation sites is 1. The van der Waals surface area contributed by atoms with Crippen molar-refractivity contribution in [2.24, 2.45) is 17.0 Å². The fourth-order valence-corrected chi connectivity index (χ4v) is 9.43. The summed E-state index contributed by atoms with van der Waals surface area (Å²) in [6, 6.07) is 11.7. The van der Waals surface area contributed by atoms with Gasteiger partial charge >= 0.3 is 12.1 Å². The van der Waals surface area contributed by atoms with E-state index in [4.69, 9.17) is 14.6 Å². The Morgan fingerprint density at radius 1 is 0.942 bits per heavy atom. The maximum absolute atomic E-state index is 14.2. The zero-order chi connectivity index (χ0) is 36.4. The van der Waals surface area contributed by atoms with E-state index in [0.717, 1.165) is 72.5 Å². The van der Waals surface area contributed by atoms with Crippen molar-refractivity contribution in [2.75, 3.05) is 69.6 Å². The normalized spacial score (nSPS) is 21.6. The van der Waals surface area contributed by atoms with Crippen LogP contribution in [0.25, 0.3) is 0 Å². The Labute approximate surface area is 306 Å². The van der Waals surface area contributed by atoms with Crippen molar-refractivity contribution in [3.63, 3.8) is 0 Å². The third-order valence-electron chi connectivity index (χ3n) is 11.6. The van der Waals surface area contributed by atoms with Gasteiger partial charge in [0, 0.05) is 70.5 Å². The second-order valence-electron chi connectivity index (χ2n) is 14.8. The van der Waals surface area contributed by atoms with Gasteiger partial charge in [0.15, 0.2) is 6.10 Å². The summed E-state index contributed by atoms with van der Waals surface area (Å²) >= 11 is 0. The van der Waals surface area contributed by atoms with E-state index in [9.17, 15) is 22.8 Å². The van der Waals surface area contributed by atoms with E-state index in [1.165, 1.54) is 4.31 Å². The molecule has 0 radical (unpaired) electrons. The van der Waals surface area contributed by atoms with Crippen LogP contribution in [0.2, 0.25) is 0 Å². The van der Waals surface area contributed by atoms with Gasteiger partial charge in [-0.05, 0) is 92.5 Å². The number of nitrogens with one attached hydrogen (secondary N) is 2. The number of amides is 4. The highest BCUT2D eigenvalue weighted by molar-refractivity contribution is 7.86. The average Bonchev–Trinajstić information content (AvgIpc) is 3.32. The summed E-state index contributed by atoms with van der Waals surface area (Å²) in [6.45, 7) is 6.69. The third-order valence-corrected chi connectivity index (χ3v) is 12.7. The topological polar surface area (TPSA) is 167 Å². The number of hydrogen-bond donors (Lipinski definition) is 3. The Bertz CT molecular complexity index is 1750. The lowest BCUT2D eigenvalue weighted by atomic mass is 9.79. The number of piperidine rings is 3. The standard InChI is InChI=1S/C37H51N7O7S/c1-25-22-26(23-32-34(25)39-13-21-50-32)24-33(35(45)41-14-6-27(7-15-41)28-8-18-43(19-9-28)52(38,48)49)51-37(47)42-16-11-30(12-17-42)44-20-10-29-4-2-3-5-31(29)40-36(44)46/h2-5,22-23,27-28,30,33,39H,6-21,24H2,1H3,(H,40,46)(H2,38,48,49)/t33-/m1/s1. The second kappa shape index (κ2) is 15.5. The van der Waals surface area contributed by atoms with Gasteiger partial charge in [-0.2, -0.15) is 12.7 Å². The van der Waals surface area contributed by atoms with Crippen LogP contribution in [0.1, 0.15) is 55.2 Å². The minimum atomic E-state index is -3.68. The van der Waals surface area contributed by atoms with Crippen molar-refractivity contribution < 1.29 is 32.3 Å². The maximum Gasteiger partial charge on any atom is 0.410 e. The van der Waals surface area contributed by atoms with E-state index in [1.807, 2.05) is 53.1 Å². The molecule has 5 aliphatic heterocycles. The van der Waals surface area contributed by atoms with Gasteiger partial charge in [-0.25, -0.2) is 14.7 Å². The largest absolute Gasteiger partial charge is 0.490 e. The Morgan fingerprint density at radius 2 is 1.62 bits per heavy atom. The van der Waals surface area contributed by atoms with Gasteiger partial charge in [-0.1, -0.05) is 24.3 Å². The highest BCUT2D eigenvalue weighted by Gasteiger charge is 2.38. The van der Waals surface area contributed by atoms with Crippen LogP contribution >= 0.6 is 0 Å². The first-order valence-corrected chi connectivity index (χ1v) is 20.2. The van der Waals surface area contributed by atoms with Crippen molar-refractivity contribution in [1.82, 2.24) is 19.0 Å². The van der Waals surface area contributed by atoms with E-state index in [2.05, 4.69) is 10.6 Å². The molecule has 5 aliphatic rings. The van der Waals surface area contributed by atoms with Crippen LogP contribution in [0.15, 0.2) is 36.4 Å². The fraction of sp³-hybridized carbons (Fsp3) is 0.595. The molecule has 3 saturated heterocycles. The summed E-state index contributed by atoms with van der Waals surface area (Å²) in [5, 5.41) is 11.8. The Kier molecular flexibility index (Phi) is 10.8. The number of benzene rings is 2. The number of urea groups is 1. The molecule has 0 saturated carbocycles. The lowest BCUT2D eigenvalue weighted by Gasteiger charge is -2.40. The summed E-state index contributed by atoms with van der Waals surface area (Å²) in [5.41, 5.74) is 4.76. The zero-order valence-electron chi connectivity index (χ0n) is 29.9. The number of anilines is 2. The lowest BCUT2D eigenvalue weighted by molar-refractivity contribution is -0.142. The van der Waals surface area contributed by atoms with Crippen molar-refractivity contribution in [3.05, 3.63) is 53.1 Å². The van der Waals surface area contributed by atoms with Crippen LogP contribution in [-0.2, 0) is 32.6 Å². The zero-order valence-corrected chi connectivity index (χ0v) is 30.7. The summed E-state index contributed by atoms with van der Waals surface area (Å²) < 4.78 is 36.9. The minimum absolute atomic E-state index is 0.00360. The van der Waals surface area contributed by atoms with Crippen molar-refractivity contribution in [2.45, 2.75) is 70.4 Å². The van der Waals surface area contributed by atoms with Gasteiger partial charge in [0.1, 0.15) is 12.4 Å². The van der Waals surface area contributed by atoms with Crippen molar-refractivity contribution in [1.29, 1.82) is 0 Å². The summed E-state index contributed by atoms with van der Waals surface area (Å²) in [5.74, 6) is 1.30. The first-order chi connectivity index (χ1) is 25.0. The molecule has 3 fully saturated rings. The van der Waals surface area contributed by atoms with E-state index < -0.39 is 22.4 Å². The molecule has 282 valence electrons. The van der Waals surface area contributed by atoms with Crippen LogP contribution in [-0.4, -0.2) is 117 Å². The number of nitrogens with zero attached hydrogens (tertiary/aromatic N) is 4. The number of aryl methyl sites for hydroxylation is 1. The molecule has 1 atom stereocenters. The number of likely N-dealkylation sites (tertiary alicyclic amines) is 2. The average molecular weight is 738 g/mol. The highest BCUT2D eigenvalue weighted by Crippen LogP contribution is 2.35. The van der Waals surface area contributed by atoms with E-state index in [0.29, 0.717) is 77.1 Å². The molecule has 0 spiro atoms. The lowest BCUT2D eigenvalue weighted by Crippen LogP contribution is -2.52. The van der Waals surface area contributed by atoms with Crippen LogP contribution < -0.4 is 20.5 Å². The van der Waals surface area contributed by atoms with Gasteiger partial charge in [-0.3, -0.25) is 4.79 Å². The Hall–Kier alpha value is -4.08. The minimum Gasteiger partial charge on any atom is -0.490 e. The number of carbonyl (C=O) groups excluding carboxylic acids is 3. The number of hydrogen-bond acceptors (Lipinski definition) is 8. The first kappa shape index (κ1) is 36.3. The number of nitrogens with two attached hydrogens (primary N) is 1. The van der Waals surface area contributed by atoms with E-state index >= 15 is 0 Å². The second-order valence-corrected chi connectivity index (χ2v) is 16.4. The molecule has 14 nitrogen and oxygen atoms in total. The number of ether oxygens (including phenoxy) is 2. The molecule has 5 heterocycles. The molecule has 2 aromatic carbocycles. The van der Waals surface area contributed by atoms with Crippen LogP contribution in [0.4, 0.5) is 21.0 Å². The monoisotopic (exact) mass is 737 g/mol. The van der Waals surface area contributed by atoms with Crippen LogP contribution in [0.3, 0.4) is 0 Å². The number of rotatable bonds is 7. The molecular formula is C37H51N7O7S. The third kappa shape index (κ3) is 8.11. The molecule has 2 aromatic rings. The number of fused-ring (bicyclic) bond motifs is 2. The number of carbonyl (C=O) groups is 3. The molecule has 0 aliphatic carbocycles. The van der Waals surface area contributed by atoms with Gasteiger partial charge in [0.2, 0.25) is 0 Å². The molecular weight excluding hydrogens is 687 g/mol. The predicted molar refractivity (Wildman–Crippen MR) is 196 cm³/mol. The van der Waals surface area contributed by atoms with Gasteiger partial charge in [0.25, 0.3) is 16.1 Å². The molecule has 4 amide bonds. The molecule has 52 heavy (non-hydrogen) atoms. The summed E-state index contributed by atoms with van der Waals surface area (Å²) in [7, 11) is -3.68. The van der Waals surface area contributed by atoms with Gasteiger partial charge < -0.3 is 34.8 Å². The first-order valence-electron chi connectivity index (χ1n) is 18.7. The maximum atomic E-state index is 14.2. The van der Waals surface area contributed by atoms with Crippen molar-refractivity contribution >= 4 is 39.6 Å². The van der Waals surface area contributed by atoms with Crippen molar-refractivity contribution in [3.8, 4) is 5.75 Å². The smallest absolute Gasteiger partial charge is 0.410 e. The highest BCUT2D eigenvalue weighted by atomic mass is 32.2. The Morgan fingerprint density at radius 3 is 2.33 bits per heavy atom. The van der Waals surface area contributed by atoms with Gasteiger partial charge in [-0.15, -0.1) is 0 Å².